The maximum Gasteiger partial charge on any atom is 0.490 e. The second-order valence-corrected chi connectivity index (χ2v) is 11.2. The minimum Gasteiger partial charge on any atom is -0.478 e. The number of hydrogen-bond donors (Lipinski definition) is 3. The number of anilines is 2. The number of carboxylic acids is 2. The second kappa shape index (κ2) is 12.2. The summed E-state index contributed by atoms with van der Waals surface area (Å²) < 4.78 is 59.9. The molecule has 0 aliphatic heterocycles. The Morgan fingerprint density at radius 3 is 1.90 bits per heavy atom. The quantitative estimate of drug-likeness (QED) is 0.333. The van der Waals surface area contributed by atoms with E-state index in [1.165, 1.54) is 6.07 Å². The van der Waals surface area contributed by atoms with Crippen molar-refractivity contribution < 1.29 is 41.4 Å². The predicted molar refractivity (Wildman–Crippen MR) is 142 cm³/mol. The van der Waals surface area contributed by atoms with Crippen LogP contribution in [0.15, 0.2) is 77.7 Å². The van der Waals surface area contributed by atoms with Gasteiger partial charge in [0, 0.05) is 19.3 Å². The van der Waals surface area contributed by atoms with E-state index in [0.29, 0.717) is 12.2 Å². The summed E-state index contributed by atoms with van der Waals surface area (Å²) in [6, 6.07) is 20.9. The summed E-state index contributed by atoms with van der Waals surface area (Å²) in [5.41, 5.74) is 2.68. The monoisotopic (exact) mass is 566 g/mol. The Labute approximate surface area is 224 Å². The van der Waals surface area contributed by atoms with Crippen LogP contribution >= 0.6 is 0 Å². The topological polar surface area (TPSA) is 124 Å². The van der Waals surface area contributed by atoms with Crippen LogP contribution in [0, 0.1) is 0 Å². The van der Waals surface area contributed by atoms with Gasteiger partial charge in [0.2, 0.25) is 0 Å². The van der Waals surface area contributed by atoms with E-state index >= 15 is 0 Å². The van der Waals surface area contributed by atoms with E-state index in [1.54, 1.807) is 43.4 Å². The molecule has 0 fully saturated rings. The molecular weight excluding hydrogens is 537 g/mol. The summed E-state index contributed by atoms with van der Waals surface area (Å²) in [7, 11) is -2.06. The molecule has 3 aromatic rings. The molecule has 8 nitrogen and oxygen atoms in total. The van der Waals surface area contributed by atoms with E-state index in [2.05, 4.69) is 25.5 Å². The molecule has 0 bridgehead atoms. The van der Waals surface area contributed by atoms with Crippen LogP contribution < -0.4 is 9.62 Å². The highest BCUT2D eigenvalue weighted by Gasteiger charge is 2.38. The van der Waals surface area contributed by atoms with Gasteiger partial charge in [-0.3, -0.25) is 4.72 Å². The number of alkyl halides is 3. The number of halogens is 3. The number of hydrogen-bond acceptors (Lipinski definition) is 5. The van der Waals surface area contributed by atoms with Gasteiger partial charge in [-0.25, -0.2) is 18.0 Å². The van der Waals surface area contributed by atoms with Crippen LogP contribution in [0.1, 0.15) is 42.3 Å². The van der Waals surface area contributed by atoms with Crippen LogP contribution in [0.2, 0.25) is 0 Å². The lowest BCUT2D eigenvalue weighted by Crippen LogP contribution is -2.21. The van der Waals surface area contributed by atoms with Crippen molar-refractivity contribution >= 4 is 33.3 Å². The normalized spacial score (nSPS) is 11.7. The summed E-state index contributed by atoms with van der Waals surface area (Å²) in [5, 5.41) is 16.8. The third-order valence-electron chi connectivity index (χ3n) is 5.43. The Morgan fingerprint density at radius 1 is 0.897 bits per heavy atom. The number of carboxylic acid groups (broad SMARTS) is 2. The van der Waals surface area contributed by atoms with Crippen molar-refractivity contribution in [1.29, 1.82) is 0 Å². The highest BCUT2D eigenvalue weighted by Crippen LogP contribution is 2.28. The first-order chi connectivity index (χ1) is 17.9. The molecule has 0 saturated carbocycles. The molecule has 12 heteroatoms. The van der Waals surface area contributed by atoms with Gasteiger partial charge in [0.05, 0.1) is 16.1 Å². The first-order valence-corrected chi connectivity index (χ1v) is 13.0. The molecule has 210 valence electrons. The van der Waals surface area contributed by atoms with E-state index in [0.717, 1.165) is 11.1 Å². The summed E-state index contributed by atoms with van der Waals surface area (Å²) in [6.07, 6.45) is -5.08. The van der Waals surface area contributed by atoms with Crippen molar-refractivity contribution in [3.05, 3.63) is 89.5 Å². The SMILES string of the molecule is CN(Cc1ccccc1)c1ccc(NS(=O)(=O)c2ccc(C(C)(C)C)cc2)cc1C(=O)O.O=C(O)C(F)(F)F. The molecule has 39 heavy (non-hydrogen) atoms. The molecule has 3 N–H and O–H groups in total. The van der Waals surface area contributed by atoms with Gasteiger partial charge >= 0.3 is 18.1 Å². The molecule has 0 aliphatic carbocycles. The van der Waals surface area contributed by atoms with E-state index in [1.807, 2.05) is 35.2 Å². The number of nitrogens with one attached hydrogen (secondary N) is 1. The van der Waals surface area contributed by atoms with Gasteiger partial charge in [-0.2, -0.15) is 13.2 Å². The molecule has 0 heterocycles. The van der Waals surface area contributed by atoms with Crippen LogP contribution in [0.5, 0.6) is 0 Å². The summed E-state index contributed by atoms with van der Waals surface area (Å²) >= 11 is 0. The van der Waals surface area contributed by atoms with Crippen molar-refractivity contribution in [2.24, 2.45) is 0 Å². The fraction of sp³-hybridized carbons (Fsp3) is 0.259. The van der Waals surface area contributed by atoms with E-state index < -0.39 is 28.1 Å². The molecule has 0 saturated heterocycles. The Balaban J connectivity index is 0.000000673. The van der Waals surface area contributed by atoms with Gasteiger partial charge < -0.3 is 15.1 Å². The second-order valence-electron chi connectivity index (χ2n) is 9.56. The van der Waals surface area contributed by atoms with Gasteiger partial charge in [-0.15, -0.1) is 0 Å². The molecule has 0 amide bonds. The molecule has 0 radical (unpaired) electrons. The van der Waals surface area contributed by atoms with Gasteiger partial charge in [0.1, 0.15) is 0 Å². The smallest absolute Gasteiger partial charge is 0.478 e. The standard InChI is InChI=1S/C25H28N2O4S.C2HF3O2/c1-25(2,3)19-10-13-21(14-11-19)32(30,31)26-20-12-15-23(22(16-20)24(28)29)27(4)17-18-8-6-5-7-9-18;3-2(4,5)1(6)7/h5-16,26H,17H2,1-4H3,(H,28,29);(H,6,7). The minimum absolute atomic E-state index is 0.0201. The van der Waals surface area contributed by atoms with Crippen LogP contribution in [-0.4, -0.2) is 43.8 Å². The third-order valence-corrected chi connectivity index (χ3v) is 6.82. The number of carbonyl (C=O) groups is 2. The van der Waals surface area contributed by atoms with Crippen molar-refractivity contribution in [2.75, 3.05) is 16.7 Å². The minimum atomic E-state index is -5.08. The highest BCUT2D eigenvalue weighted by molar-refractivity contribution is 7.92. The third kappa shape index (κ3) is 9.02. The Kier molecular flexibility index (Phi) is 9.75. The fourth-order valence-electron chi connectivity index (χ4n) is 3.39. The summed E-state index contributed by atoms with van der Waals surface area (Å²) in [4.78, 5) is 22.7. The van der Waals surface area contributed by atoms with Crippen molar-refractivity contribution in [3.63, 3.8) is 0 Å². The number of aromatic carboxylic acids is 1. The van der Waals surface area contributed by atoms with E-state index in [9.17, 15) is 31.5 Å². The first-order valence-electron chi connectivity index (χ1n) is 11.5. The average Bonchev–Trinajstić information content (AvgIpc) is 2.83. The van der Waals surface area contributed by atoms with Crippen LogP contribution in [0.25, 0.3) is 0 Å². The zero-order valence-corrected chi connectivity index (χ0v) is 22.5. The Morgan fingerprint density at radius 2 is 1.44 bits per heavy atom. The molecule has 0 unspecified atom stereocenters. The van der Waals surface area contributed by atoms with Crippen LogP contribution in [0.4, 0.5) is 24.5 Å². The van der Waals surface area contributed by atoms with Crippen LogP contribution in [0.3, 0.4) is 0 Å². The van der Waals surface area contributed by atoms with Crippen molar-refractivity contribution in [1.82, 2.24) is 0 Å². The summed E-state index contributed by atoms with van der Waals surface area (Å²) in [6.45, 7) is 6.68. The van der Waals surface area contributed by atoms with Crippen molar-refractivity contribution in [2.45, 2.75) is 43.8 Å². The van der Waals surface area contributed by atoms with Gasteiger partial charge in [0.15, 0.2) is 0 Å². The molecule has 3 aromatic carbocycles. The number of aliphatic carboxylic acids is 1. The first kappa shape index (κ1) is 31.2. The molecule has 0 aliphatic rings. The molecule has 0 aromatic heterocycles. The lowest BCUT2D eigenvalue weighted by molar-refractivity contribution is -0.192. The lowest BCUT2D eigenvalue weighted by Gasteiger charge is -2.22. The molecule has 0 atom stereocenters. The number of nitrogens with zero attached hydrogens (tertiary/aromatic N) is 1. The van der Waals surface area contributed by atoms with Gasteiger partial charge in [-0.05, 0) is 46.9 Å². The number of rotatable bonds is 7. The zero-order valence-electron chi connectivity index (χ0n) is 21.7. The number of sulfonamides is 1. The predicted octanol–water partition coefficient (Wildman–Crippen LogP) is 5.75. The highest BCUT2D eigenvalue weighted by atomic mass is 32.2. The summed E-state index contributed by atoms with van der Waals surface area (Å²) in [5.74, 6) is -3.89. The Bertz CT molecular complexity index is 1400. The van der Waals surface area contributed by atoms with E-state index in [4.69, 9.17) is 9.90 Å². The van der Waals surface area contributed by atoms with Crippen LogP contribution in [-0.2, 0) is 26.8 Å². The maximum atomic E-state index is 12.8. The number of benzene rings is 3. The Hall–Kier alpha value is -4.06. The largest absolute Gasteiger partial charge is 0.490 e. The lowest BCUT2D eigenvalue weighted by atomic mass is 9.87. The van der Waals surface area contributed by atoms with Gasteiger partial charge in [-0.1, -0.05) is 63.2 Å². The van der Waals surface area contributed by atoms with E-state index in [-0.39, 0.29) is 21.6 Å². The fourth-order valence-corrected chi connectivity index (χ4v) is 4.44. The molecular formula is C27H29F3N2O6S. The molecule has 0 spiro atoms. The van der Waals surface area contributed by atoms with Gasteiger partial charge in [0.25, 0.3) is 10.0 Å². The maximum absolute atomic E-state index is 12.8. The zero-order chi connectivity index (χ0) is 29.6. The average molecular weight is 567 g/mol. The van der Waals surface area contributed by atoms with Crippen molar-refractivity contribution in [3.8, 4) is 0 Å². The molecule has 3 rings (SSSR count).